The molecule has 2 aromatic rings. The maximum atomic E-state index is 12.1. The Morgan fingerprint density at radius 3 is 2.59 bits per heavy atom. The molecule has 0 spiro atoms. The van der Waals surface area contributed by atoms with Gasteiger partial charge in [0.15, 0.2) is 0 Å². The van der Waals surface area contributed by atoms with E-state index < -0.39 is 0 Å². The van der Waals surface area contributed by atoms with Crippen LogP contribution in [-0.4, -0.2) is 25.1 Å². The highest BCUT2D eigenvalue weighted by molar-refractivity contribution is 6.34. The van der Waals surface area contributed by atoms with E-state index >= 15 is 0 Å². The van der Waals surface area contributed by atoms with E-state index in [0.29, 0.717) is 16.5 Å². The summed E-state index contributed by atoms with van der Waals surface area (Å²) in [5.41, 5.74) is 0.967. The van der Waals surface area contributed by atoms with E-state index in [2.05, 4.69) is 10.3 Å². The third-order valence-corrected chi connectivity index (χ3v) is 3.34. The molecule has 2 rings (SSSR count). The first-order chi connectivity index (χ1) is 10.5. The Bertz CT molecular complexity index is 672. The summed E-state index contributed by atoms with van der Waals surface area (Å²) in [4.78, 5) is 16.0. The zero-order valence-corrected chi connectivity index (χ0v) is 13.5. The van der Waals surface area contributed by atoms with Crippen LogP contribution in [0.5, 0.6) is 11.5 Å². The molecule has 0 aliphatic carbocycles. The Morgan fingerprint density at radius 1 is 1.18 bits per heavy atom. The quantitative estimate of drug-likeness (QED) is 0.848. The summed E-state index contributed by atoms with van der Waals surface area (Å²) in [5.74, 6) is 0.925. The van der Waals surface area contributed by atoms with Crippen LogP contribution < -0.4 is 14.8 Å². The lowest BCUT2D eigenvalue weighted by Crippen LogP contribution is -2.24. The molecule has 1 heterocycles. The third kappa shape index (κ3) is 4.02. The summed E-state index contributed by atoms with van der Waals surface area (Å²) in [6.45, 7) is 0.276. The van der Waals surface area contributed by atoms with Crippen LogP contribution in [0.4, 0.5) is 0 Å². The van der Waals surface area contributed by atoms with E-state index in [-0.39, 0.29) is 23.3 Å². The highest BCUT2D eigenvalue weighted by atomic mass is 35.5. The van der Waals surface area contributed by atoms with E-state index in [9.17, 15) is 4.79 Å². The fourth-order valence-corrected chi connectivity index (χ4v) is 2.32. The number of aromatic nitrogens is 1. The van der Waals surface area contributed by atoms with Gasteiger partial charge in [0.2, 0.25) is 0 Å². The van der Waals surface area contributed by atoms with Gasteiger partial charge in [0.05, 0.1) is 14.2 Å². The topological polar surface area (TPSA) is 60.5 Å². The van der Waals surface area contributed by atoms with Gasteiger partial charge in [0.1, 0.15) is 22.3 Å². The van der Waals surface area contributed by atoms with Crippen molar-refractivity contribution < 1.29 is 14.3 Å². The molecular formula is C15H14Cl2N2O3. The van der Waals surface area contributed by atoms with Gasteiger partial charge in [-0.2, -0.15) is 0 Å². The Hall–Kier alpha value is -1.98. The minimum atomic E-state index is -0.373. The molecule has 7 heteroatoms. The maximum Gasteiger partial charge on any atom is 0.270 e. The van der Waals surface area contributed by atoms with Crippen molar-refractivity contribution in [3.63, 3.8) is 0 Å². The molecule has 0 fully saturated rings. The summed E-state index contributed by atoms with van der Waals surface area (Å²) in [6.07, 6.45) is 0. The number of nitrogens with one attached hydrogen (secondary N) is 1. The lowest BCUT2D eigenvalue weighted by Gasteiger charge is -2.11. The average molecular weight is 341 g/mol. The second-order valence-corrected chi connectivity index (χ2v) is 5.18. The summed E-state index contributed by atoms with van der Waals surface area (Å²) in [5, 5.41) is 3.26. The molecule has 0 saturated heterocycles. The largest absolute Gasteiger partial charge is 0.497 e. The van der Waals surface area contributed by atoms with Crippen molar-refractivity contribution in [3.05, 3.63) is 51.8 Å². The van der Waals surface area contributed by atoms with Gasteiger partial charge in [-0.1, -0.05) is 23.2 Å². The summed E-state index contributed by atoms with van der Waals surface area (Å²) in [7, 11) is 3.13. The van der Waals surface area contributed by atoms with Crippen LogP contribution in [0.2, 0.25) is 10.2 Å². The van der Waals surface area contributed by atoms with Crippen molar-refractivity contribution >= 4 is 29.1 Å². The number of pyridine rings is 1. The molecule has 0 bridgehead atoms. The minimum absolute atomic E-state index is 0.157. The number of ether oxygens (including phenoxy) is 2. The molecule has 0 atom stereocenters. The van der Waals surface area contributed by atoms with Gasteiger partial charge in [0, 0.05) is 23.2 Å². The minimum Gasteiger partial charge on any atom is -0.497 e. The van der Waals surface area contributed by atoms with Crippen LogP contribution in [0.15, 0.2) is 30.3 Å². The third-order valence-electron chi connectivity index (χ3n) is 2.93. The van der Waals surface area contributed by atoms with Gasteiger partial charge in [-0.25, -0.2) is 4.98 Å². The average Bonchev–Trinajstić information content (AvgIpc) is 2.51. The van der Waals surface area contributed by atoms with Gasteiger partial charge in [0.25, 0.3) is 5.91 Å². The zero-order chi connectivity index (χ0) is 16.1. The summed E-state index contributed by atoms with van der Waals surface area (Å²) < 4.78 is 10.4. The van der Waals surface area contributed by atoms with Crippen LogP contribution in [0, 0.1) is 0 Å². The summed E-state index contributed by atoms with van der Waals surface area (Å²) >= 11 is 11.6. The first-order valence-electron chi connectivity index (χ1n) is 6.35. The summed E-state index contributed by atoms with van der Waals surface area (Å²) in [6, 6.07) is 8.27. The maximum absolute atomic E-state index is 12.1. The monoisotopic (exact) mass is 340 g/mol. The second kappa shape index (κ2) is 7.33. The van der Waals surface area contributed by atoms with Crippen molar-refractivity contribution in [2.24, 2.45) is 0 Å². The van der Waals surface area contributed by atoms with E-state index in [4.69, 9.17) is 32.7 Å². The first kappa shape index (κ1) is 16.4. The number of carbonyl (C=O) groups is 1. The highest BCUT2D eigenvalue weighted by Gasteiger charge is 2.11. The van der Waals surface area contributed by atoms with E-state index in [1.165, 1.54) is 12.1 Å². The molecule has 1 amide bonds. The van der Waals surface area contributed by atoms with E-state index in [1.807, 2.05) is 6.07 Å². The number of rotatable bonds is 5. The predicted molar refractivity (Wildman–Crippen MR) is 85.0 cm³/mol. The normalized spacial score (nSPS) is 10.2. The van der Waals surface area contributed by atoms with E-state index in [1.54, 1.807) is 26.4 Å². The Kier molecular flexibility index (Phi) is 5.46. The Labute approximate surface area is 138 Å². The van der Waals surface area contributed by atoms with Gasteiger partial charge >= 0.3 is 0 Å². The lowest BCUT2D eigenvalue weighted by molar-refractivity contribution is 0.0945. The zero-order valence-electron chi connectivity index (χ0n) is 12.0. The molecule has 0 radical (unpaired) electrons. The Balaban J connectivity index is 2.10. The number of benzene rings is 1. The van der Waals surface area contributed by atoms with Crippen LogP contribution in [0.25, 0.3) is 0 Å². The second-order valence-electron chi connectivity index (χ2n) is 4.35. The van der Waals surface area contributed by atoms with Crippen LogP contribution in [0.3, 0.4) is 0 Å². The Morgan fingerprint density at radius 2 is 1.95 bits per heavy atom. The molecule has 0 unspecified atom stereocenters. The van der Waals surface area contributed by atoms with Crippen molar-refractivity contribution in [3.8, 4) is 11.5 Å². The molecule has 0 aliphatic heterocycles. The van der Waals surface area contributed by atoms with Crippen molar-refractivity contribution in [2.75, 3.05) is 14.2 Å². The molecule has 0 saturated carbocycles. The SMILES string of the molecule is COc1ccc(CNC(=O)c2cc(Cl)cc(Cl)n2)c(OC)c1. The predicted octanol–water partition coefficient (Wildman–Crippen LogP) is 3.34. The van der Waals surface area contributed by atoms with Crippen LogP contribution in [-0.2, 0) is 6.54 Å². The van der Waals surface area contributed by atoms with E-state index in [0.717, 1.165) is 5.56 Å². The smallest absolute Gasteiger partial charge is 0.270 e. The standard InChI is InChI=1S/C15H14Cl2N2O3/c1-21-11-4-3-9(13(7-11)22-2)8-18-15(20)12-5-10(16)6-14(17)19-12/h3-7H,8H2,1-2H3,(H,18,20). The lowest BCUT2D eigenvalue weighted by atomic mass is 10.2. The van der Waals surface area contributed by atoms with Crippen molar-refractivity contribution in [1.82, 2.24) is 10.3 Å². The fourth-order valence-electron chi connectivity index (χ4n) is 1.85. The molecular weight excluding hydrogens is 327 g/mol. The van der Waals surface area contributed by atoms with Crippen LogP contribution >= 0.6 is 23.2 Å². The fraction of sp³-hybridized carbons (Fsp3) is 0.200. The molecule has 5 nitrogen and oxygen atoms in total. The number of methoxy groups -OCH3 is 2. The molecule has 116 valence electrons. The number of hydrogen-bond acceptors (Lipinski definition) is 4. The van der Waals surface area contributed by atoms with Gasteiger partial charge < -0.3 is 14.8 Å². The molecule has 22 heavy (non-hydrogen) atoms. The van der Waals surface area contributed by atoms with Gasteiger partial charge in [-0.05, 0) is 24.3 Å². The van der Waals surface area contributed by atoms with Gasteiger partial charge in [-0.15, -0.1) is 0 Å². The number of amides is 1. The van der Waals surface area contributed by atoms with Crippen molar-refractivity contribution in [1.29, 1.82) is 0 Å². The molecule has 1 aromatic heterocycles. The van der Waals surface area contributed by atoms with Crippen molar-refractivity contribution in [2.45, 2.75) is 6.54 Å². The highest BCUT2D eigenvalue weighted by Crippen LogP contribution is 2.24. The first-order valence-corrected chi connectivity index (χ1v) is 7.11. The molecule has 1 aromatic carbocycles. The number of carbonyl (C=O) groups excluding carboxylic acids is 1. The molecule has 1 N–H and O–H groups in total. The van der Waals surface area contributed by atoms with Gasteiger partial charge in [-0.3, -0.25) is 4.79 Å². The molecule has 0 aliphatic rings. The number of nitrogens with zero attached hydrogens (tertiary/aromatic N) is 1. The number of hydrogen-bond donors (Lipinski definition) is 1. The number of halogens is 2. The van der Waals surface area contributed by atoms with Crippen LogP contribution in [0.1, 0.15) is 16.1 Å².